The maximum Gasteiger partial charge on any atom is 0.226 e. The van der Waals surface area contributed by atoms with Crippen LogP contribution >= 0.6 is 23.2 Å². The van der Waals surface area contributed by atoms with Gasteiger partial charge in [0.15, 0.2) is 0 Å². The van der Waals surface area contributed by atoms with Gasteiger partial charge in [0.2, 0.25) is 5.91 Å². The number of benzene rings is 2. The third kappa shape index (κ3) is 5.34. The Bertz CT molecular complexity index is 677. The van der Waals surface area contributed by atoms with E-state index >= 15 is 0 Å². The standard InChI is InChI=1S/C17H18Cl2N2O2/c1-2-23-16-6-4-3-5-15(16)20-10-9-17(22)21-14-8-7-12(18)11-13(14)19/h3-8,11,20H,2,9-10H2,1H3,(H,21,22). The largest absolute Gasteiger partial charge is 0.492 e. The first-order valence-corrected chi connectivity index (χ1v) is 8.06. The summed E-state index contributed by atoms with van der Waals surface area (Å²) in [6.07, 6.45) is 0.305. The number of carbonyl (C=O) groups is 1. The van der Waals surface area contributed by atoms with Gasteiger partial charge in [-0.05, 0) is 37.3 Å². The maximum atomic E-state index is 12.0. The van der Waals surface area contributed by atoms with Crippen LogP contribution in [-0.4, -0.2) is 19.1 Å². The predicted octanol–water partition coefficient (Wildman–Crippen LogP) is 4.83. The molecule has 0 saturated carbocycles. The zero-order chi connectivity index (χ0) is 16.7. The monoisotopic (exact) mass is 352 g/mol. The van der Waals surface area contributed by atoms with Crippen molar-refractivity contribution in [1.29, 1.82) is 0 Å². The van der Waals surface area contributed by atoms with Gasteiger partial charge in [0, 0.05) is 18.0 Å². The Morgan fingerprint density at radius 2 is 1.91 bits per heavy atom. The van der Waals surface area contributed by atoms with Crippen LogP contribution in [0.4, 0.5) is 11.4 Å². The van der Waals surface area contributed by atoms with Gasteiger partial charge in [0.1, 0.15) is 5.75 Å². The van der Waals surface area contributed by atoms with Crippen molar-refractivity contribution in [2.45, 2.75) is 13.3 Å². The van der Waals surface area contributed by atoms with Crippen molar-refractivity contribution < 1.29 is 9.53 Å². The van der Waals surface area contributed by atoms with E-state index in [0.29, 0.717) is 35.3 Å². The molecular formula is C17H18Cl2N2O2. The number of rotatable bonds is 7. The van der Waals surface area contributed by atoms with E-state index in [9.17, 15) is 4.79 Å². The fourth-order valence-corrected chi connectivity index (χ4v) is 2.46. The van der Waals surface area contributed by atoms with Gasteiger partial charge in [-0.25, -0.2) is 0 Å². The highest BCUT2D eigenvalue weighted by atomic mass is 35.5. The van der Waals surface area contributed by atoms with Crippen molar-refractivity contribution in [3.63, 3.8) is 0 Å². The third-order valence-electron chi connectivity index (χ3n) is 3.06. The van der Waals surface area contributed by atoms with E-state index < -0.39 is 0 Å². The summed E-state index contributed by atoms with van der Waals surface area (Å²) in [7, 11) is 0. The summed E-state index contributed by atoms with van der Waals surface area (Å²) in [5.41, 5.74) is 1.42. The smallest absolute Gasteiger partial charge is 0.226 e. The molecule has 2 N–H and O–H groups in total. The second-order valence-electron chi connectivity index (χ2n) is 4.78. The van der Waals surface area contributed by atoms with Gasteiger partial charge in [0.05, 0.1) is 23.0 Å². The quantitative estimate of drug-likeness (QED) is 0.749. The van der Waals surface area contributed by atoms with Crippen molar-refractivity contribution in [2.75, 3.05) is 23.8 Å². The van der Waals surface area contributed by atoms with Crippen LogP contribution < -0.4 is 15.4 Å². The zero-order valence-electron chi connectivity index (χ0n) is 12.7. The van der Waals surface area contributed by atoms with Crippen molar-refractivity contribution in [1.82, 2.24) is 0 Å². The summed E-state index contributed by atoms with van der Waals surface area (Å²) >= 11 is 11.9. The van der Waals surface area contributed by atoms with E-state index in [2.05, 4.69) is 10.6 Å². The van der Waals surface area contributed by atoms with Crippen LogP contribution in [-0.2, 0) is 4.79 Å². The van der Waals surface area contributed by atoms with Crippen molar-refractivity contribution in [2.24, 2.45) is 0 Å². The van der Waals surface area contributed by atoms with Gasteiger partial charge in [-0.1, -0.05) is 35.3 Å². The predicted molar refractivity (Wildman–Crippen MR) is 95.8 cm³/mol. The lowest BCUT2D eigenvalue weighted by Gasteiger charge is -2.12. The summed E-state index contributed by atoms with van der Waals surface area (Å²) < 4.78 is 5.52. The molecule has 0 bridgehead atoms. The van der Waals surface area contributed by atoms with E-state index in [1.54, 1.807) is 18.2 Å². The average molecular weight is 353 g/mol. The van der Waals surface area contributed by atoms with Crippen LogP contribution in [0.5, 0.6) is 5.75 Å². The second-order valence-corrected chi connectivity index (χ2v) is 5.62. The Labute approximate surface area is 145 Å². The molecule has 0 radical (unpaired) electrons. The van der Waals surface area contributed by atoms with Crippen LogP contribution in [0.2, 0.25) is 10.0 Å². The molecule has 0 atom stereocenters. The number of ether oxygens (including phenoxy) is 1. The minimum atomic E-state index is -0.129. The molecule has 0 spiro atoms. The number of anilines is 2. The highest BCUT2D eigenvalue weighted by Gasteiger charge is 2.07. The average Bonchev–Trinajstić information content (AvgIpc) is 2.52. The molecular weight excluding hydrogens is 335 g/mol. The first-order chi connectivity index (χ1) is 11.1. The topological polar surface area (TPSA) is 50.4 Å². The third-order valence-corrected chi connectivity index (χ3v) is 3.61. The van der Waals surface area contributed by atoms with E-state index in [-0.39, 0.29) is 5.91 Å². The van der Waals surface area contributed by atoms with Gasteiger partial charge in [0.25, 0.3) is 0 Å². The van der Waals surface area contributed by atoms with E-state index in [1.807, 2.05) is 31.2 Å². The van der Waals surface area contributed by atoms with Gasteiger partial charge < -0.3 is 15.4 Å². The Balaban J connectivity index is 1.85. The first-order valence-electron chi connectivity index (χ1n) is 7.30. The van der Waals surface area contributed by atoms with E-state index in [1.165, 1.54) is 0 Å². The molecule has 0 heterocycles. The molecule has 6 heteroatoms. The van der Waals surface area contributed by atoms with Gasteiger partial charge >= 0.3 is 0 Å². The maximum absolute atomic E-state index is 12.0. The molecule has 0 saturated heterocycles. The molecule has 0 unspecified atom stereocenters. The van der Waals surface area contributed by atoms with Crippen molar-refractivity contribution in [3.05, 3.63) is 52.5 Å². The molecule has 1 amide bonds. The fourth-order valence-electron chi connectivity index (χ4n) is 2.01. The lowest BCUT2D eigenvalue weighted by atomic mass is 10.2. The summed E-state index contributed by atoms with van der Waals surface area (Å²) in [4.78, 5) is 12.0. The van der Waals surface area contributed by atoms with Crippen LogP contribution in [0, 0.1) is 0 Å². The SMILES string of the molecule is CCOc1ccccc1NCCC(=O)Nc1ccc(Cl)cc1Cl. The molecule has 0 fully saturated rings. The highest BCUT2D eigenvalue weighted by molar-refractivity contribution is 6.36. The van der Waals surface area contributed by atoms with Crippen LogP contribution in [0.1, 0.15) is 13.3 Å². The normalized spacial score (nSPS) is 10.2. The Morgan fingerprint density at radius 1 is 1.13 bits per heavy atom. The van der Waals surface area contributed by atoms with Crippen LogP contribution in [0.15, 0.2) is 42.5 Å². The zero-order valence-corrected chi connectivity index (χ0v) is 14.2. The number of hydrogen-bond acceptors (Lipinski definition) is 3. The number of nitrogens with one attached hydrogen (secondary N) is 2. The van der Waals surface area contributed by atoms with Gasteiger partial charge in [-0.3, -0.25) is 4.79 Å². The molecule has 23 heavy (non-hydrogen) atoms. The Morgan fingerprint density at radius 3 is 2.65 bits per heavy atom. The van der Waals surface area contributed by atoms with Gasteiger partial charge in [-0.2, -0.15) is 0 Å². The van der Waals surface area contributed by atoms with Crippen molar-refractivity contribution >= 4 is 40.5 Å². The lowest BCUT2D eigenvalue weighted by molar-refractivity contribution is -0.115. The molecule has 4 nitrogen and oxygen atoms in total. The first kappa shape index (κ1) is 17.4. The van der Waals surface area contributed by atoms with E-state index in [0.717, 1.165) is 11.4 Å². The molecule has 0 aromatic heterocycles. The second kappa shape index (κ2) is 8.65. The molecule has 2 aromatic rings. The summed E-state index contributed by atoms with van der Waals surface area (Å²) in [5, 5.41) is 6.91. The van der Waals surface area contributed by atoms with Crippen LogP contribution in [0.25, 0.3) is 0 Å². The highest BCUT2D eigenvalue weighted by Crippen LogP contribution is 2.26. The van der Waals surface area contributed by atoms with E-state index in [4.69, 9.17) is 27.9 Å². The summed E-state index contributed by atoms with van der Waals surface area (Å²) in [6.45, 7) is 3.01. The summed E-state index contributed by atoms with van der Waals surface area (Å²) in [6, 6.07) is 12.6. The molecule has 2 rings (SSSR count). The molecule has 0 aliphatic carbocycles. The Hall–Kier alpha value is -1.91. The molecule has 122 valence electrons. The van der Waals surface area contributed by atoms with Crippen molar-refractivity contribution in [3.8, 4) is 5.75 Å². The minimum Gasteiger partial charge on any atom is -0.492 e. The molecule has 0 aliphatic heterocycles. The minimum absolute atomic E-state index is 0.129. The van der Waals surface area contributed by atoms with Crippen LogP contribution in [0.3, 0.4) is 0 Å². The lowest BCUT2D eigenvalue weighted by Crippen LogP contribution is -2.16. The summed E-state index contributed by atoms with van der Waals surface area (Å²) in [5.74, 6) is 0.645. The number of amides is 1. The Kier molecular flexibility index (Phi) is 6.56. The fraction of sp³-hybridized carbons (Fsp3) is 0.235. The number of carbonyl (C=O) groups excluding carboxylic acids is 1. The number of para-hydroxylation sites is 2. The molecule has 0 aliphatic rings. The van der Waals surface area contributed by atoms with Gasteiger partial charge in [-0.15, -0.1) is 0 Å². The molecule has 2 aromatic carbocycles. The number of halogens is 2. The number of hydrogen-bond donors (Lipinski definition) is 2.